The fraction of sp³-hybridized carbons (Fsp3) is 0.250. The number of thioether (sulfide) groups is 1. The highest BCUT2D eigenvalue weighted by Gasteiger charge is 2.10. The van der Waals surface area contributed by atoms with Crippen molar-refractivity contribution in [2.75, 3.05) is 6.26 Å². The van der Waals surface area contributed by atoms with Crippen molar-refractivity contribution < 1.29 is 14.1 Å². The molecule has 4 nitrogen and oxygen atoms in total. The van der Waals surface area contributed by atoms with Gasteiger partial charge in [0.25, 0.3) is 0 Å². The molecule has 1 aromatic carbocycles. The number of benzene rings is 1. The van der Waals surface area contributed by atoms with Crippen LogP contribution in [0.3, 0.4) is 0 Å². The summed E-state index contributed by atoms with van der Waals surface area (Å²) in [5.74, 6) is 0.292. The minimum atomic E-state index is -0.385. The van der Waals surface area contributed by atoms with Gasteiger partial charge in [-0.3, -0.25) is 0 Å². The molecular formula is C16H17NO3S. The molecule has 0 amide bonds. The molecule has 0 aliphatic heterocycles. The quantitative estimate of drug-likeness (QED) is 0.478. The zero-order chi connectivity index (χ0) is 15.2. The summed E-state index contributed by atoms with van der Waals surface area (Å²) < 4.78 is 10.2. The lowest BCUT2D eigenvalue weighted by Crippen LogP contribution is -2.02. The maximum absolute atomic E-state index is 11.7. The Morgan fingerprint density at radius 1 is 1.33 bits per heavy atom. The summed E-state index contributed by atoms with van der Waals surface area (Å²) in [4.78, 5) is 12.9. The molecule has 2 aromatic rings. The Morgan fingerprint density at radius 2 is 2.05 bits per heavy atom. The van der Waals surface area contributed by atoms with Gasteiger partial charge in [-0.05, 0) is 43.9 Å². The van der Waals surface area contributed by atoms with Crippen LogP contribution in [0.5, 0.6) is 0 Å². The van der Waals surface area contributed by atoms with E-state index in [1.165, 1.54) is 11.0 Å². The van der Waals surface area contributed by atoms with Crippen LogP contribution in [0.2, 0.25) is 0 Å². The molecule has 0 fully saturated rings. The summed E-state index contributed by atoms with van der Waals surface area (Å²) >= 11 is 1.68. The third-order valence-electron chi connectivity index (χ3n) is 3.07. The number of aryl methyl sites for hydroxylation is 2. The fourth-order valence-electron chi connectivity index (χ4n) is 1.78. The van der Waals surface area contributed by atoms with E-state index < -0.39 is 0 Å². The molecule has 5 heteroatoms. The van der Waals surface area contributed by atoms with Crippen LogP contribution >= 0.6 is 11.8 Å². The zero-order valence-electron chi connectivity index (χ0n) is 12.3. The Morgan fingerprint density at radius 3 is 2.62 bits per heavy atom. The SMILES string of the molecule is CSc1ccc(C=CC(=O)OCc2c(C)noc2C)cc1. The van der Waals surface area contributed by atoms with E-state index in [4.69, 9.17) is 9.26 Å². The van der Waals surface area contributed by atoms with Crippen LogP contribution in [-0.4, -0.2) is 17.4 Å². The maximum Gasteiger partial charge on any atom is 0.331 e. The van der Waals surface area contributed by atoms with E-state index >= 15 is 0 Å². The Kier molecular flexibility index (Phi) is 5.22. The first kappa shape index (κ1) is 15.4. The van der Waals surface area contributed by atoms with Gasteiger partial charge >= 0.3 is 5.97 Å². The Hall–Kier alpha value is -2.01. The molecule has 1 aromatic heterocycles. The van der Waals surface area contributed by atoms with E-state index in [1.54, 1.807) is 24.8 Å². The Labute approximate surface area is 128 Å². The Balaban J connectivity index is 1.90. The van der Waals surface area contributed by atoms with Gasteiger partial charge in [0.2, 0.25) is 0 Å². The number of hydrogen-bond donors (Lipinski definition) is 0. The van der Waals surface area contributed by atoms with Crippen molar-refractivity contribution in [2.45, 2.75) is 25.3 Å². The van der Waals surface area contributed by atoms with E-state index in [-0.39, 0.29) is 12.6 Å². The summed E-state index contributed by atoms with van der Waals surface area (Å²) in [5, 5.41) is 3.82. The predicted octanol–water partition coefficient (Wildman–Crippen LogP) is 3.77. The predicted molar refractivity (Wildman–Crippen MR) is 83.0 cm³/mol. The number of hydrogen-bond acceptors (Lipinski definition) is 5. The average molecular weight is 303 g/mol. The molecule has 0 radical (unpaired) electrons. The lowest BCUT2D eigenvalue weighted by Gasteiger charge is -2.01. The number of nitrogens with zero attached hydrogens (tertiary/aromatic N) is 1. The smallest absolute Gasteiger partial charge is 0.331 e. The van der Waals surface area contributed by atoms with Crippen LogP contribution in [0.25, 0.3) is 6.08 Å². The van der Waals surface area contributed by atoms with Gasteiger partial charge in [-0.2, -0.15) is 0 Å². The lowest BCUT2D eigenvalue weighted by molar-refractivity contribution is -0.138. The van der Waals surface area contributed by atoms with Crippen molar-refractivity contribution in [3.8, 4) is 0 Å². The highest BCUT2D eigenvalue weighted by atomic mass is 32.2. The second-order valence-corrected chi connectivity index (χ2v) is 5.40. The number of carbonyl (C=O) groups is 1. The van der Waals surface area contributed by atoms with Crippen molar-refractivity contribution in [2.24, 2.45) is 0 Å². The van der Waals surface area contributed by atoms with Gasteiger partial charge in [0.1, 0.15) is 12.4 Å². The molecule has 0 aliphatic carbocycles. The first-order valence-electron chi connectivity index (χ1n) is 6.51. The number of carbonyl (C=O) groups excluding carboxylic acids is 1. The van der Waals surface area contributed by atoms with Gasteiger partial charge in [0, 0.05) is 11.0 Å². The van der Waals surface area contributed by atoms with Gasteiger partial charge in [-0.25, -0.2) is 4.79 Å². The number of ether oxygens (including phenoxy) is 1. The molecule has 0 bridgehead atoms. The van der Waals surface area contributed by atoms with Crippen LogP contribution in [0.15, 0.2) is 39.8 Å². The molecule has 110 valence electrons. The molecule has 0 aliphatic rings. The topological polar surface area (TPSA) is 52.3 Å². The van der Waals surface area contributed by atoms with Crippen LogP contribution in [0.4, 0.5) is 0 Å². The number of rotatable bonds is 5. The summed E-state index contributed by atoms with van der Waals surface area (Å²) in [6.45, 7) is 3.80. The van der Waals surface area contributed by atoms with Crippen LogP contribution in [-0.2, 0) is 16.1 Å². The average Bonchev–Trinajstić information content (AvgIpc) is 2.82. The molecule has 0 unspecified atom stereocenters. The summed E-state index contributed by atoms with van der Waals surface area (Å²) in [7, 11) is 0. The molecular weight excluding hydrogens is 286 g/mol. The summed E-state index contributed by atoms with van der Waals surface area (Å²) in [6.07, 6.45) is 5.18. The van der Waals surface area contributed by atoms with Gasteiger partial charge in [-0.1, -0.05) is 17.3 Å². The standard InChI is InChI=1S/C16H17NO3S/c1-11-15(12(2)20-17-11)10-19-16(18)9-6-13-4-7-14(21-3)8-5-13/h4-9H,10H2,1-3H3. The molecule has 0 saturated heterocycles. The second kappa shape index (κ2) is 7.13. The van der Waals surface area contributed by atoms with Crippen molar-refractivity contribution in [1.29, 1.82) is 0 Å². The first-order chi connectivity index (χ1) is 10.1. The summed E-state index contributed by atoms with van der Waals surface area (Å²) in [6, 6.07) is 7.95. The van der Waals surface area contributed by atoms with Gasteiger partial charge < -0.3 is 9.26 Å². The van der Waals surface area contributed by atoms with E-state index in [0.717, 1.165) is 16.8 Å². The third kappa shape index (κ3) is 4.23. The minimum Gasteiger partial charge on any atom is -0.457 e. The number of esters is 1. The van der Waals surface area contributed by atoms with Crippen molar-refractivity contribution in [3.05, 3.63) is 52.9 Å². The normalized spacial score (nSPS) is 11.0. The van der Waals surface area contributed by atoms with Gasteiger partial charge in [0.15, 0.2) is 0 Å². The monoisotopic (exact) mass is 303 g/mol. The highest BCUT2D eigenvalue weighted by Crippen LogP contribution is 2.16. The second-order valence-electron chi connectivity index (χ2n) is 4.52. The third-order valence-corrected chi connectivity index (χ3v) is 3.81. The van der Waals surface area contributed by atoms with Crippen molar-refractivity contribution in [1.82, 2.24) is 5.16 Å². The zero-order valence-corrected chi connectivity index (χ0v) is 13.1. The van der Waals surface area contributed by atoms with Crippen LogP contribution < -0.4 is 0 Å². The lowest BCUT2D eigenvalue weighted by atomic mass is 10.2. The van der Waals surface area contributed by atoms with Crippen molar-refractivity contribution in [3.63, 3.8) is 0 Å². The molecule has 0 atom stereocenters. The fourth-order valence-corrected chi connectivity index (χ4v) is 2.19. The van der Waals surface area contributed by atoms with Crippen LogP contribution in [0, 0.1) is 13.8 Å². The van der Waals surface area contributed by atoms with E-state index in [2.05, 4.69) is 5.16 Å². The molecule has 21 heavy (non-hydrogen) atoms. The molecule has 0 N–H and O–H groups in total. The number of aromatic nitrogens is 1. The molecule has 0 saturated carbocycles. The van der Waals surface area contributed by atoms with Crippen LogP contribution in [0.1, 0.15) is 22.6 Å². The molecule has 2 rings (SSSR count). The van der Waals surface area contributed by atoms with Crippen molar-refractivity contribution >= 4 is 23.8 Å². The van der Waals surface area contributed by atoms with Gasteiger partial charge in [0.05, 0.1) is 11.3 Å². The highest BCUT2D eigenvalue weighted by molar-refractivity contribution is 7.98. The van der Waals surface area contributed by atoms with E-state index in [9.17, 15) is 4.79 Å². The molecule has 0 spiro atoms. The largest absolute Gasteiger partial charge is 0.457 e. The summed E-state index contributed by atoms with van der Waals surface area (Å²) in [5.41, 5.74) is 2.53. The molecule has 1 heterocycles. The van der Waals surface area contributed by atoms with E-state index in [0.29, 0.717) is 5.76 Å². The first-order valence-corrected chi connectivity index (χ1v) is 7.73. The van der Waals surface area contributed by atoms with E-state index in [1.807, 2.05) is 37.4 Å². The minimum absolute atomic E-state index is 0.176. The van der Waals surface area contributed by atoms with Gasteiger partial charge in [-0.15, -0.1) is 11.8 Å². The Bertz CT molecular complexity index is 625. The maximum atomic E-state index is 11.7.